The summed E-state index contributed by atoms with van der Waals surface area (Å²) in [7, 11) is 0. The molecule has 2 aromatic heterocycles. The Kier molecular flexibility index (Phi) is 4.27. The highest BCUT2D eigenvalue weighted by atomic mass is 35.5. The molecule has 0 saturated heterocycles. The third-order valence-corrected chi connectivity index (χ3v) is 3.83. The summed E-state index contributed by atoms with van der Waals surface area (Å²) in [4.78, 5) is 0. The van der Waals surface area contributed by atoms with Gasteiger partial charge in [-0.3, -0.25) is 0 Å². The minimum absolute atomic E-state index is 0.0751. The molecular formula is C16H17ClN4O. The fourth-order valence-electron chi connectivity index (χ4n) is 2.33. The first kappa shape index (κ1) is 14.8. The molecule has 0 amide bonds. The number of nitrogens with zero attached hydrogens (tertiary/aromatic N) is 3. The number of furan rings is 1. The van der Waals surface area contributed by atoms with E-state index in [-0.39, 0.29) is 6.04 Å². The predicted molar refractivity (Wildman–Crippen MR) is 85.1 cm³/mol. The first-order chi connectivity index (χ1) is 10.6. The molecule has 3 aromatic rings. The Morgan fingerprint density at radius 2 is 2.05 bits per heavy atom. The van der Waals surface area contributed by atoms with E-state index >= 15 is 0 Å². The Morgan fingerprint density at radius 1 is 1.27 bits per heavy atom. The molecule has 1 atom stereocenters. The van der Waals surface area contributed by atoms with Crippen molar-refractivity contribution in [3.05, 3.63) is 64.8 Å². The Morgan fingerprint density at radius 3 is 2.73 bits per heavy atom. The van der Waals surface area contributed by atoms with Crippen LogP contribution in [0.1, 0.15) is 30.1 Å². The Balaban J connectivity index is 1.76. The van der Waals surface area contributed by atoms with E-state index < -0.39 is 0 Å². The summed E-state index contributed by atoms with van der Waals surface area (Å²) >= 11 is 5.92. The fraction of sp³-hybridized carbons (Fsp3) is 0.250. The van der Waals surface area contributed by atoms with E-state index in [1.165, 1.54) is 0 Å². The van der Waals surface area contributed by atoms with Crippen molar-refractivity contribution < 1.29 is 4.42 Å². The molecule has 0 aliphatic heterocycles. The van der Waals surface area contributed by atoms with Crippen molar-refractivity contribution in [1.29, 1.82) is 0 Å². The number of benzene rings is 1. The molecule has 0 spiro atoms. The van der Waals surface area contributed by atoms with Crippen molar-refractivity contribution in [1.82, 2.24) is 20.3 Å². The van der Waals surface area contributed by atoms with E-state index in [0.717, 1.165) is 22.8 Å². The van der Waals surface area contributed by atoms with Gasteiger partial charge in [0.2, 0.25) is 0 Å². The number of nitrogens with one attached hydrogen (secondary N) is 1. The van der Waals surface area contributed by atoms with Crippen LogP contribution in [0.5, 0.6) is 0 Å². The number of aromatic nitrogens is 3. The zero-order valence-electron chi connectivity index (χ0n) is 12.5. The fourth-order valence-corrected chi connectivity index (χ4v) is 2.46. The first-order valence-electron chi connectivity index (χ1n) is 7.09. The maximum absolute atomic E-state index is 5.92. The van der Waals surface area contributed by atoms with Crippen molar-refractivity contribution in [3.63, 3.8) is 0 Å². The van der Waals surface area contributed by atoms with Gasteiger partial charge in [0.25, 0.3) is 0 Å². The van der Waals surface area contributed by atoms with Crippen LogP contribution in [-0.2, 0) is 6.54 Å². The minimum atomic E-state index is 0.0751. The van der Waals surface area contributed by atoms with Crippen molar-refractivity contribution in [3.8, 4) is 5.69 Å². The summed E-state index contributed by atoms with van der Waals surface area (Å²) in [5.74, 6) is 0.898. The monoisotopic (exact) mass is 316 g/mol. The SMILES string of the molecule is Cc1c([C@@H](C)NCc2ccco2)nnn1-c1ccc(Cl)cc1. The topological polar surface area (TPSA) is 55.9 Å². The van der Waals surface area contributed by atoms with Crippen LogP contribution in [0.4, 0.5) is 0 Å². The second kappa shape index (κ2) is 6.34. The normalized spacial score (nSPS) is 12.5. The lowest BCUT2D eigenvalue weighted by molar-refractivity contribution is 0.456. The second-order valence-corrected chi connectivity index (χ2v) is 5.57. The molecule has 1 N–H and O–H groups in total. The average Bonchev–Trinajstić information content (AvgIpc) is 3.15. The highest BCUT2D eigenvalue weighted by Gasteiger charge is 2.16. The van der Waals surface area contributed by atoms with Gasteiger partial charge in [-0.05, 0) is 50.2 Å². The molecule has 114 valence electrons. The molecule has 0 fully saturated rings. The van der Waals surface area contributed by atoms with Gasteiger partial charge in [-0.15, -0.1) is 5.10 Å². The van der Waals surface area contributed by atoms with Crippen LogP contribution in [0.15, 0.2) is 47.1 Å². The quantitative estimate of drug-likeness (QED) is 0.780. The van der Waals surface area contributed by atoms with E-state index in [0.29, 0.717) is 11.6 Å². The third kappa shape index (κ3) is 3.05. The van der Waals surface area contributed by atoms with Crippen LogP contribution >= 0.6 is 11.6 Å². The van der Waals surface area contributed by atoms with Gasteiger partial charge in [-0.25, -0.2) is 4.68 Å². The van der Waals surface area contributed by atoms with Gasteiger partial charge in [0.15, 0.2) is 0 Å². The van der Waals surface area contributed by atoms with Crippen LogP contribution in [-0.4, -0.2) is 15.0 Å². The third-order valence-electron chi connectivity index (χ3n) is 3.57. The summed E-state index contributed by atoms with van der Waals surface area (Å²) in [6, 6.07) is 11.4. The summed E-state index contributed by atoms with van der Waals surface area (Å²) < 4.78 is 7.14. The standard InChI is InChI=1S/C16H17ClN4O/c1-11(18-10-15-4-3-9-22-15)16-12(2)21(20-19-16)14-7-5-13(17)6-8-14/h3-9,11,18H,10H2,1-2H3/t11-/m1/s1. The molecule has 2 heterocycles. The summed E-state index contributed by atoms with van der Waals surface area (Å²) in [5, 5.41) is 12.6. The van der Waals surface area contributed by atoms with Crippen LogP contribution in [0.25, 0.3) is 5.69 Å². The van der Waals surface area contributed by atoms with Gasteiger partial charge >= 0.3 is 0 Å². The van der Waals surface area contributed by atoms with Gasteiger partial charge in [0.1, 0.15) is 11.5 Å². The maximum Gasteiger partial charge on any atom is 0.117 e. The van der Waals surface area contributed by atoms with Crippen molar-refractivity contribution in [2.75, 3.05) is 0 Å². The molecule has 6 heteroatoms. The van der Waals surface area contributed by atoms with E-state index in [1.54, 1.807) is 6.26 Å². The van der Waals surface area contributed by atoms with Crippen LogP contribution in [0, 0.1) is 6.92 Å². The minimum Gasteiger partial charge on any atom is -0.468 e. The number of halogens is 1. The first-order valence-corrected chi connectivity index (χ1v) is 7.47. The molecule has 0 bridgehead atoms. The van der Waals surface area contributed by atoms with Gasteiger partial charge in [-0.1, -0.05) is 16.8 Å². The molecule has 0 aliphatic rings. The Labute approximate surface area is 133 Å². The summed E-state index contributed by atoms with van der Waals surface area (Å²) in [6.45, 7) is 4.72. The average molecular weight is 317 g/mol. The largest absolute Gasteiger partial charge is 0.468 e. The van der Waals surface area contributed by atoms with Crippen LogP contribution in [0.3, 0.4) is 0 Å². The molecule has 3 rings (SSSR count). The van der Waals surface area contributed by atoms with Crippen LogP contribution < -0.4 is 5.32 Å². The van der Waals surface area contributed by atoms with Gasteiger partial charge in [-0.2, -0.15) is 0 Å². The molecule has 22 heavy (non-hydrogen) atoms. The maximum atomic E-state index is 5.92. The summed E-state index contributed by atoms with van der Waals surface area (Å²) in [6.07, 6.45) is 1.67. The van der Waals surface area contributed by atoms with Crippen molar-refractivity contribution in [2.24, 2.45) is 0 Å². The molecule has 0 aliphatic carbocycles. The lowest BCUT2D eigenvalue weighted by atomic mass is 10.2. The van der Waals surface area contributed by atoms with Crippen molar-refractivity contribution in [2.45, 2.75) is 26.4 Å². The van der Waals surface area contributed by atoms with Crippen LogP contribution in [0.2, 0.25) is 5.02 Å². The van der Waals surface area contributed by atoms with E-state index in [4.69, 9.17) is 16.0 Å². The number of rotatable bonds is 5. The Bertz CT molecular complexity index is 734. The zero-order valence-corrected chi connectivity index (χ0v) is 13.2. The molecule has 1 aromatic carbocycles. The molecule has 0 saturated carbocycles. The number of hydrogen-bond acceptors (Lipinski definition) is 4. The number of hydrogen-bond donors (Lipinski definition) is 1. The zero-order chi connectivity index (χ0) is 15.5. The predicted octanol–water partition coefficient (Wildman–Crippen LogP) is 3.67. The van der Waals surface area contributed by atoms with Gasteiger partial charge in [0, 0.05) is 5.02 Å². The van der Waals surface area contributed by atoms with E-state index in [9.17, 15) is 0 Å². The highest BCUT2D eigenvalue weighted by molar-refractivity contribution is 6.30. The lowest BCUT2D eigenvalue weighted by Gasteiger charge is -2.11. The van der Waals surface area contributed by atoms with Gasteiger partial charge < -0.3 is 9.73 Å². The molecule has 0 unspecified atom stereocenters. The van der Waals surface area contributed by atoms with E-state index in [1.807, 2.05) is 48.0 Å². The highest BCUT2D eigenvalue weighted by Crippen LogP contribution is 2.19. The Hall–Kier alpha value is -2.11. The smallest absolute Gasteiger partial charge is 0.117 e. The van der Waals surface area contributed by atoms with E-state index in [2.05, 4.69) is 22.6 Å². The molecule has 0 radical (unpaired) electrons. The summed E-state index contributed by atoms with van der Waals surface area (Å²) in [5.41, 5.74) is 2.86. The lowest BCUT2D eigenvalue weighted by Crippen LogP contribution is -2.19. The molecule has 5 nitrogen and oxygen atoms in total. The van der Waals surface area contributed by atoms with Gasteiger partial charge in [0.05, 0.1) is 30.2 Å². The molecular weight excluding hydrogens is 300 g/mol. The van der Waals surface area contributed by atoms with Crippen molar-refractivity contribution >= 4 is 11.6 Å². The second-order valence-electron chi connectivity index (χ2n) is 5.13.